The number of carboxylic acids is 1. The summed E-state index contributed by atoms with van der Waals surface area (Å²) < 4.78 is 29.8. The van der Waals surface area contributed by atoms with E-state index in [1.165, 1.54) is 35.4 Å². The van der Waals surface area contributed by atoms with Crippen molar-refractivity contribution < 1.29 is 36.9 Å². The SMILES string of the molecule is CON=C(C(=O)NC1C(=O)N2CC(C=COS(=O)(=O)c3ccc(C)cc3)(C(=O)O)CS[C@H]12)N1C=C(N)SN1. The van der Waals surface area contributed by atoms with Gasteiger partial charge in [0.1, 0.15) is 40.1 Å². The van der Waals surface area contributed by atoms with Gasteiger partial charge in [0.05, 0.1) is 6.20 Å². The van der Waals surface area contributed by atoms with E-state index in [4.69, 9.17) is 14.8 Å². The monoisotopic (exact) mass is 584 g/mol. The number of hydrogen-bond donors (Lipinski definition) is 4. The van der Waals surface area contributed by atoms with E-state index in [1.807, 2.05) is 0 Å². The highest BCUT2D eigenvalue weighted by Gasteiger charge is 2.57. The highest BCUT2D eigenvalue weighted by Crippen LogP contribution is 2.43. The van der Waals surface area contributed by atoms with Crippen molar-refractivity contribution >= 4 is 57.4 Å². The molecule has 0 bridgehead atoms. The van der Waals surface area contributed by atoms with E-state index in [9.17, 15) is 27.9 Å². The minimum Gasteiger partial charge on any atom is -0.481 e. The summed E-state index contributed by atoms with van der Waals surface area (Å²) in [5.74, 6) is -2.67. The molecule has 1 aromatic carbocycles. The Morgan fingerprint density at radius 2 is 2.05 bits per heavy atom. The lowest BCUT2D eigenvalue weighted by atomic mass is 9.87. The lowest BCUT2D eigenvalue weighted by Crippen LogP contribution is -2.74. The van der Waals surface area contributed by atoms with Crippen molar-refractivity contribution in [1.29, 1.82) is 0 Å². The molecule has 0 saturated carbocycles. The molecule has 17 heteroatoms. The van der Waals surface area contributed by atoms with Gasteiger partial charge in [0, 0.05) is 12.3 Å². The number of amides is 2. The Kier molecular flexibility index (Phi) is 7.82. The van der Waals surface area contributed by atoms with Crippen molar-refractivity contribution in [2.75, 3.05) is 19.4 Å². The summed E-state index contributed by atoms with van der Waals surface area (Å²) in [5.41, 5.74) is 4.95. The molecular weight excluding hydrogens is 560 g/mol. The van der Waals surface area contributed by atoms with Gasteiger partial charge in [-0.2, -0.15) is 13.2 Å². The number of hydrogen-bond acceptors (Lipinski definition) is 12. The van der Waals surface area contributed by atoms with E-state index in [1.54, 1.807) is 19.1 Å². The number of nitrogens with one attached hydrogen (secondary N) is 2. The van der Waals surface area contributed by atoms with Gasteiger partial charge in [0.2, 0.25) is 5.91 Å². The summed E-state index contributed by atoms with van der Waals surface area (Å²) in [7, 11) is -2.90. The molecule has 0 aliphatic carbocycles. The van der Waals surface area contributed by atoms with Gasteiger partial charge in [-0.15, -0.1) is 11.8 Å². The molecule has 0 spiro atoms. The van der Waals surface area contributed by atoms with Crippen molar-refractivity contribution in [2.45, 2.75) is 23.2 Å². The largest absolute Gasteiger partial charge is 0.481 e. The molecule has 0 aromatic heterocycles. The predicted molar refractivity (Wildman–Crippen MR) is 138 cm³/mol. The Balaban J connectivity index is 1.42. The second kappa shape index (κ2) is 10.8. The van der Waals surface area contributed by atoms with Crippen LogP contribution in [0.4, 0.5) is 0 Å². The number of rotatable bonds is 7. The fourth-order valence-electron chi connectivity index (χ4n) is 3.76. The van der Waals surface area contributed by atoms with Crippen LogP contribution in [0, 0.1) is 12.3 Å². The fourth-order valence-corrected chi connectivity index (χ4v) is 6.56. The van der Waals surface area contributed by atoms with Crippen LogP contribution in [0.3, 0.4) is 0 Å². The van der Waals surface area contributed by atoms with Crippen LogP contribution in [0.5, 0.6) is 0 Å². The molecule has 4 rings (SSSR count). The van der Waals surface area contributed by atoms with Gasteiger partial charge in [-0.25, -0.2) is 5.01 Å². The Morgan fingerprint density at radius 3 is 2.66 bits per heavy atom. The number of oxime groups is 1. The third kappa shape index (κ3) is 5.40. The number of β-lactam (4-membered cyclic amide) rings is 1. The number of carbonyl (C=O) groups is 3. The number of carbonyl (C=O) groups excluding carboxylic acids is 2. The van der Waals surface area contributed by atoms with E-state index in [2.05, 4.69) is 15.3 Å². The fraction of sp³-hybridized carbons (Fsp3) is 0.333. The Bertz CT molecular complexity index is 1330. The van der Waals surface area contributed by atoms with Gasteiger partial charge in [0.15, 0.2) is 0 Å². The molecule has 0 radical (unpaired) electrons. The Hall–Kier alpha value is -3.41. The molecule has 3 aliphatic rings. The van der Waals surface area contributed by atoms with Gasteiger partial charge in [0.25, 0.3) is 11.7 Å². The second-order valence-electron chi connectivity index (χ2n) is 8.44. The normalized spacial score (nSPS) is 25.5. The summed E-state index contributed by atoms with van der Waals surface area (Å²) in [6, 6.07) is 5.05. The first-order chi connectivity index (χ1) is 18.0. The van der Waals surface area contributed by atoms with Gasteiger partial charge < -0.3 is 30.1 Å². The van der Waals surface area contributed by atoms with Crippen LogP contribution in [0.25, 0.3) is 0 Å². The molecule has 2 saturated heterocycles. The first-order valence-electron chi connectivity index (χ1n) is 10.9. The van der Waals surface area contributed by atoms with Crippen LogP contribution < -0.4 is 15.9 Å². The number of nitrogens with zero attached hydrogens (tertiary/aromatic N) is 3. The first kappa shape index (κ1) is 27.6. The molecule has 14 nitrogen and oxygen atoms in total. The van der Waals surface area contributed by atoms with Gasteiger partial charge in [-0.1, -0.05) is 22.9 Å². The second-order valence-corrected chi connectivity index (χ2v) is 12.0. The Morgan fingerprint density at radius 1 is 1.34 bits per heavy atom. The molecule has 2 amide bonds. The third-order valence-corrected chi connectivity index (χ3v) is 9.22. The topological polar surface area (TPSA) is 193 Å². The number of thioether (sulfide) groups is 1. The van der Waals surface area contributed by atoms with Crippen LogP contribution >= 0.6 is 23.7 Å². The maximum Gasteiger partial charge on any atom is 0.338 e. The maximum atomic E-state index is 12.9. The zero-order valence-corrected chi connectivity index (χ0v) is 22.5. The van der Waals surface area contributed by atoms with Crippen molar-refractivity contribution in [1.82, 2.24) is 20.1 Å². The van der Waals surface area contributed by atoms with E-state index in [-0.39, 0.29) is 23.0 Å². The van der Waals surface area contributed by atoms with Crippen molar-refractivity contribution in [3.8, 4) is 0 Å². The highest BCUT2D eigenvalue weighted by molar-refractivity contribution is 8.01. The van der Waals surface area contributed by atoms with Crippen LogP contribution in [0.1, 0.15) is 5.56 Å². The summed E-state index contributed by atoms with van der Waals surface area (Å²) in [4.78, 5) is 46.6. The molecular formula is C21H24N6O8S3. The number of hydrazine groups is 1. The molecule has 5 N–H and O–H groups in total. The summed E-state index contributed by atoms with van der Waals surface area (Å²) in [6.45, 7) is 1.57. The maximum absolute atomic E-state index is 12.9. The lowest BCUT2D eigenvalue weighted by molar-refractivity contribution is -0.156. The molecule has 3 atom stereocenters. The molecule has 2 fully saturated rings. The average molecular weight is 585 g/mol. The quantitative estimate of drug-likeness (QED) is 0.0630. The zero-order valence-electron chi connectivity index (χ0n) is 20.1. The smallest absolute Gasteiger partial charge is 0.338 e. The van der Waals surface area contributed by atoms with E-state index in [0.717, 1.165) is 41.6 Å². The van der Waals surface area contributed by atoms with Crippen molar-refractivity contribution in [3.05, 3.63) is 53.4 Å². The average Bonchev–Trinajstić information content (AvgIpc) is 3.31. The standard InChI is InChI=1S/C21H24N6O8S3/c1-12-3-5-13(6-4-12)38(32,33)35-8-7-21(20(30)31)10-26-18(29)15(19(26)36-11-21)23-17(28)16(24-34-2)27-9-14(22)37-25-27/h3-9,15,19,25H,10-11,22H2,1-2H3,(H,23,28)(H,30,31)/t15?,19-,21?/m1/s1. The van der Waals surface area contributed by atoms with E-state index < -0.39 is 44.7 Å². The molecule has 204 valence electrons. The number of aliphatic carboxylic acids is 1. The van der Waals surface area contributed by atoms with Gasteiger partial charge in [-0.05, 0) is 37.1 Å². The highest BCUT2D eigenvalue weighted by atomic mass is 32.2. The van der Waals surface area contributed by atoms with Crippen molar-refractivity contribution in [3.63, 3.8) is 0 Å². The zero-order chi connectivity index (χ0) is 27.7. The molecule has 1 aromatic rings. The number of fused-ring (bicyclic) bond motifs is 1. The number of amidine groups is 1. The minimum absolute atomic E-state index is 0.00377. The summed E-state index contributed by atoms with van der Waals surface area (Å²) in [6.07, 6.45) is 3.36. The molecule has 38 heavy (non-hydrogen) atoms. The van der Waals surface area contributed by atoms with Crippen LogP contribution in [-0.2, 0) is 33.5 Å². The summed E-state index contributed by atoms with van der Waals surface area (Å²) >= 11 is 2.19. The first-order valence-corrected chi connectivity index (χ1v) is 14.2. The van der Waals surface area contributed by atoms with Crippen LogP contribution in [-0.4, -0.2) is 77.9 Å². The molecule has 2 unspecified atom stereocenters. The van der Waals surface area contributed by atoms with Gasteiger partial charge >= 0.3 is 16.1 Å². The summed E-state index contributed by atoms with van der Waals surface area (Å²) in [5, 5.41) is 17.3. The number of benzene rings is 1. The number of aryl methyl sites for hydroxylation is 1. The Labute approximate surface area is 226 Å². The minimum atomic E-state index is -4.16. The number of carboxylic acid groups (broad SMARTS) is 1. The van der Waals surface area contributed by atoms with Crippen LogP contribution in [0.2, 0.25) is 0 Å². The van der Waals surface area contributed by atoms with Crippen molar-refractivity contribution in [2.24, 2.45) is 16.3 Å². The van der Waals surface area contributed by atoms with E-state index >= 15 is 0 Å². The predicted octanol–water partition coefficient (Wildman–Crippen LogP) is -0.129. The van der Waals surface area contributed by atoms with Gasteiger partial charge in [-0.3, -0.25) is 14.4 Å². The van der Waals surface area contributed by atoms with Crippen LogP contribution in [0.15, 0.2) is 57.9 Å². The third-order valence-electron chi connectivity index (χ3n) is 5.82. The van der Waals surface area contributed by atoms with E-state index in [0.29, 0.717) is 5.03 Å². The lowest BCUT2D eigenvalue weighted by Gasteiger charge is -2.53. The number of nitrogens with two attached hydrogens (primary N) is 1. The molecule has 3 aliphatic heterocycles. The molecule has 3 heterocycles.